The van der Waals surface area contributed by atoms with Crippen molar-refractivity contribution in [2.75, 3.05) is 6.54 Å². The first kappa shape index (κ1) is 19.3. The molecule has 1 nitrogen and oxygen atoms in total. The maximum atomic E-state index is 13.8. The van der Waals surface area contributed by atoms with Crippen LogP contribution in [0.3, 0.4) is 0 Å². The second kappa shape index (κ2) is 7.71. The second-order valence-corrected chi connectivity index (χ2v) is 4.59. The number of halogens is 6. The van der Waals surface area contributed by atoms with Gasteiger partial charge in [-0.15, -0.1) is 0 Å². The number of hydrogen-bond acceptors (Lipinski definition) is 1. The van der Waals surface area contributed by atoms with Crippen LogP contribution in [0.2, 0.25) is 0 Å². The number of allylic oxidation sites excluding steroid dienone is 3. The Labute approximate surface area is 154 Å². The van der Waals surface area contributed by atoms with Gasteiger partial charge in [0, 0.05) is 32.7 Å². The van der Waals surface area contributed by atoms with Crippen LogP contribution >= 0.6 is 11.6 Å². The Morgan fingerprint density at radius 2 is 1.73 bits per heavy atom. The largest absolute Gasteiger partial charge is 0.368 e. The zero-order chi connectivity index (χ0) is 15.7. The molecular formula is C14H8ClF5NY-. The molecular weight excluding hydrogens is 402 g/mol. The fourth-order valence-corrected chi connectivity index (χ4v) is 2.03. The topological polar surface area (TPSA) is 3.24 Å². The first-order valence-corrected chi connectivity index (χ1v) is 6.08. The third kappa shape index (κ3) is 3.97. The SMILES string of the molecule is C=C1C(Cl)=C[C-]=C(c2c(F)cc(F)cc2F)N1CC(F)F.[Y]. The molecule has 1 aliphatic rings. The Balaban J connectivity index is 0.00000242. The molecule has 0 bridgehead atoms. The minimum absolute atomic E-state index is 0. The summed E-state index contributed by atoms with van der Waals surface area (Å²) in [4.78, 5) is 0.840. The predicted octanol–water partition coefficient (Wildman–Crippen LogP) is 4.46. The number of rotatable bonds is 3. The van der Waals surface area contributed by atoms with Crippen LogP contribution < -0.4 is 0 Å². The molecule has 1 aromatic carbocycles. The van der Waals surface area contributed by atoms with Crippen molar-refractivity contribution >= 4 is 17.3 Å². The molecule has 1 aliphatic heterocycles. The molecule has 1 heterocycles. The van der Waals surface area contributed by atoms with E-state index in [1.165, 1.54) is 0 Å². The third-order valence-electron chi connectivity index (χ3n) is 2.77. The van der Waals surface area contributed by atoms with Gasteiger partial charge >= 0.3 is 0 Å². The van der Waals surface area contributed by atoms with E-state index in [9.17, 15) is 22.0 Å². The van der Waals surface area contributed by atoms with Gasteiger partial charge in [-0.3, -0.25) is 0 Å². The van der Waals surface area contributed by atoms with E-state index in [4.69, 9.17) is 11.6 Å². The Bertz CT molecular complexity index is 634. The summed E-state index contributed by atoms with van der Waals surface area (Å²) in [5.74, 6) is -3.57. The summed E-state index contributed by atoms with van der Waals surface area (Å²) in [5, 5.41) is 0.0160. The molecule has 0 N–H and O–H groups in total. The number of hydrogen-bond donors (Lipinski definition) is 0. The van der Waals surface area contributed by atoms with E-state index in [2.05, 4.69) is 12.7 Å². The molecule has 0 fully saturated rings. The fraction of sp³-hybridized carbons (Fsp3) is 0.143. The van der Waals surface area contributed by atoms with Gasteiger partial charge in [-0.05, 0) is 28.4 Å². The van der Waals surface area contributed by atoms with E-state index in [0.717, 1.165) is 11.0 Å². The van der Waals surface area contributed by atoms with Crippen molar-refractivity contribution in [3.8, 4) is 0 Å². The van der Waals surface area contributed by atoms with E-state index in [1.54, 1.807) is 0 Å². The Morgan fingerprint density at radius 1 is 1.18 bits per heavy atom. The molecule has 2 rings (SSSR count). The molecule has 1 radical (unpaired) electrons. The van der Waals surface area contributed by atoms with Gasteiger partial charge in [-0.25, -0.2) is 22.0 Å². The maximum absolute atomic E-state index is 13.8. The monoisotopic (exact) mass is 409 g/mol. The van der Waals surface area contributed by atoms with Crippen LogP contribution in [-0.4, -0.2) is 17.9 Å². The van der Waals surface area contributed by atoms with Crippen molar-refractivity contribution < 1.29 is 54.7 Å². The van der Waals surface area contributed by atoms with Crippen molar-refractivity contribution in [1.29, 1.82) is 0 Å². The molecule has 115 valence electrons. The van der Waals surface area contributed by atoms with Gasteiger partial charge in [-0.1, -0.05) is 12.3 Å². The summed E-state index contributed by atoms with van der Waals surface area (Å²) in [6.07, 6.45) is 0.782. The van der Waals surface area contributed by atoms with E-state index in [-0.39, 0.29) is 49.1 Å². The second-order valence-electron chi connectivity index (χ2n) is 4.18. The normalized spacial score (nSPS) is 14.7. The van der Waals surface area contributed by atoms with Crippen molar-refractivity contribution in [1.82, 2.24) is 4.90 Å². The van der Waals surface area contributed by atoms with Crippen LogP contribution in [0.4, 0.5) is 22.0 Å². The van der Waals surface area contributed by atoms with Gasteiger partial charge in [0.05, 0.1) is 18.2 Å². The number of benzene rings is 1. The molecule has 0 spiro atoms. The standard InChI is InChI=1S/C14H8ClF5N.Y/c1-7-9(15)2-3-12(21(7)6-13(19)20)14-10(17)4-8(16)5-11(14)18;/h2,4-5,13H,1,6H2;/q-1;. The fourth-order valence-electron chi connectivity index (χ4n) is 1.87. The van der Waals surface area contributed by atoms with E-state index in [0.29, 0.717) is 12.1 Å². The summed E-state index contributed by atoms with van der Waals surface area (Å²) in [6.45, 7) is 2.62. The smallest absolute Gasteiger partial charge is 0.256 e. The van der Waals surface area contributed by atoms with Crippen LogP contribution in [0.1, 0.15) is 5.56 Å². The number of nitrogens with zero attached hydrogens (tertiary/aromatic N) is 1. The van der Waals surface area contributed by atoms with Crippen molar-refractivity contribution in [3.63, 3.8) is 0 Å². The molecule has 0 aromatic heterocycles. The summed E-state index contributed by atoms with van der Waals surface area (Å²) < 4.78 is 65.8. The first-order chi connectivity index (χ1) is 9.81. The molecule has 22 heavy (non-hydrogen) atoms. The summed E-state index contributed by atoms with van der Waals surface area (Å²) in [7, 11) is 0. The first-order valence-electron chi connectivity index (χ1n) is 5.70. The minimum atomic E-state index is -2.80. The Morgan fingerprint density at radius 3 is 2.23 bits per heavy atom. The maximum Gasteiger partial charge on any atom is 0.256 e. The van der Waals surface area contributed by atoms with Crippen LogP contribution in [-0.2, 0) is 32.7 Å². The Hall–Kier alpha value is -0.716. The van der Waals surface area contributed by atoms with E-state index < -0.39 is 36.0 Å². The molecule has 0 saturated heterocycles. The van der Waals surface area contributed by atoms with E-state index >= 15 is 0 Å². The van der Waals surface area contributed by atoms with Crippen LogP contribution in [0.5, 0.6) is 0 Å². The van der Waals surface area contributed by atoms with Gasteiger partial charge in [0.1, 0.15) is 5.82 Å². The summed E-state index contributed by atoms with van der Waals surface area (Å²) in [6, 6.07) is 0.909. The summed E-state index contributed by atoms with van der Waals surface area (Å²) in [5.41, 5.74) is -1.04. The van der Waals surface area contributed by atoms with Crippen LogP contribution in [0.15, 0.2) is 35.5 Å². The Kier molecular flexibility index (Phi) is 6.77. The average molecular weight is 410 g/mol. The third-order valence-corrected chi connectivity index (χ3v) is 3.10. The molecule has 0 amide bonds. The molecule has 0 saturated carbocycles. The predicted molar refractivity (Wildman–Crippen MR) is 68.8 cm³/mol. The minimum Gasteiger partial charge on any atom is -0.368 e. The van der Waals surface area contributed by atoms with Crippen molar-refractivity contribution in [3.05, 3.63) is 64.6 Å². The number of alkyl halides is 2. The van der Waals surface area contributed by atoms with Gasteiger partial charge in [0.15, 0.2) is 0 Å². The molecule has 0 atom stereocenters. The molecule has 1 aromatic rings. The zero-order valence-corrected chi connectivity index (χ0v) is 14.6. The van der Waals surface area contributed by atoms with E-state index in [1.807, 2.05) is 0 Å². The van der Waals surface area contributed by atoms with Crippen LogP contribution in [0, 0.1) is 23.5 Å². The van der Waals surface area contributed by atoms with Crippen molar-refractivity contribution in [2.24, 2.45) is 0 Å². The van der Waals surface area contributed by atoms with Crippen LogP contribution in [0.25, 0.3) is 5.70 Å². The summed E-state index contributed by atoms with van der Waals surface area (Å²) >= 11 is 5.75. The average Bonchev–Trinajstić information content (AvgIpc) is 2.36. The van der Waals surface area contributed by atoms with Gasteiger partial charge in [-0.2, -0.15) is 23.8 Å². The van der Waals surface area contributed by atoms with Gasteiger partial charge in [0.2, 0.25) is 0 Å². The quantitative estimate of drug-likeness (QED) is 0.526. The zero-order valence-electron chi connectivity index (χ0n) is 11.0. The molecule has 0 unspecified atom stereocenters. The van der Waals surface area contributed by atoms with Gasteiger partial charge in [0.25, 0.3) is 6.43 Å². The molecule has 0 aliphatic carbocycles. The van der Waals surface area contributed by atoms with Crippen molar-refractivity contribution in [2.45, 2.75) is 6.43 Å². The molecule has 8 heteroatoms. The van der Waals surface area contributed by atoms with Gasteiger partial charge < -0.3 is 4.90 Å².